The van der Waals surface area contributed by atoms with E-state index < -0.39 is 0 Å². The SMILES string of the molecule is CCC1=C(C)C2Cc3[nH]c(c(C)c3CC)C(c3ccc(C(=O)NCc4ccc(I)cc4)cc3)=C3N=C(C4CC(=O)c5c4[nH]c(c5C)CC1=N2)[C@@H](CCC(=O)OC)[C@@H]3C. The third-order valence-corrected chi connectivity index (χ3v) is 13.9. The van der Waals surface area contributed by atoms with Crippen LogP contribution in [-0.2, 0) is 35.3 Å². The molecule has 3 aliphatic heterocycles. The first kappa shape index (κ1) is 40.0. The van der Waals surface area contributed by atoms with Crippen LogP contribution >= 0.6 is 22.6 Å². The van der Waals surface area contributed by atoms with Crippen molar-refractivity contribution in [2.75, 3.05) is 7.11 Å². The van der Waals surface area contributed by atoms with Crippen molar-refractivity contribution >= 4 is 57.2 Å². The maximum absolute atomic E-state index is 14.0. The van der Waals surface area contributed by atoms with Crippen molar-refractivity contribution in [2.24, 2.45) is 21.8 Å². The molecule has 4 atom stereocenters. The molecule has 300 valence electrons. The number of hydrogen-bond acceptors (Lipinski definition) is 6. The highest BCUT2D eigenvalue weighted by Crippen LogP contribution is 2.48. The Morgan fingerprint density at radius 3 is 2.38 bits per heavy atom. The zero-order valence-corrected chi connectivity index (χ0v) is 36.6. The number of nitrogens with one attached hydrogen (secondary N) is 3. The molecule has 0 spiro atoms. The number of methoxy groups -OCH3 is 1. The number of nitrogens with zero attached hydrogens (tertiary/aromatic N) is 2. The number of halogens is 1. The van der Waals surface area contributed by atoms with Gasteiger partial charge in [-0.2, -0.15) is 0 Å². The largest absolute Gasteiger partial charge is 0.469 e. The summed E-state index contributed by atoms with van der Waals surface area (Å²) in [5.41, 5.74) is 17.5. The Labute approximate surface area is 354 Å². The molecule has 2 unspecified atom stereocenters. The molecule has 0 radical (unpaired) electrons. The summed E-state index contributed by atoms with van der Waals surface area (Å²) in [7, 11) is 1.43. The van der Waals surface area contributed by atoms with E-state index in [1.54, 1.807) is 0 Å². The number of allylic oxidation sites excluding steroid dienone is 2. The number of esters is 1. The summed E-state index contributed by atoms with van der Waals surface area (Å²) in [5, 5.41) is 3.08. The van der Waals surface area contributed by atoms with Gasteiger partial charge in [0.25, 0.3) is 5.91 Å². The van der Waals surface area contributed by atoms with Gasteiger partial charge in [0.15, 0.2) is 5.78 Å². The Bertz CT molecular complexity index is 2460. The van der Waals surface area contributed by atoms with Gasteiger partial charge in [0, 0.05) is 98.8 Å². The molecule has 4 aliphatic rings. The van der Waals surface area contributed by atoms with Gasteiger partial charge in [0.2, 0.25) is 0 Å². The lowest BCUT2D eigenvalue weighted by Crippen LogP contribution is -2.24. The van der Waals surface area contributed by atoms with E-state index >= 15 is 0 Å². The molecule has 9 nitrogen and oxygen atoms in total. The van der Waals surface area contributed by atoms with E-state index in [1.165, 1.54) is 35.1 Å². The van der Waals surface area contributed by atoms with Gasteiger partial charge in [-0.3, -0.25) is 24.4 Å². The fraction of sp³-hybridized carbons (Fsp3) is 0.396. The molecule has 58 heavy (non-hydrogen) atoms. The molecule has 0 saturated carbocycles. The van der Waals surface area contributed by atoms with E-state index in [9.17, 15) is 14.4 Å². The summed E-state index contributed by atoms with van der Waals surface area (Å²) in [4.78, 5) is 58.8. The van der Waals surface area contributed by atoms with Crippen LogP contribution in [-0.4, -0.2) is 52.2 Å². The zero-order valence-electron chi connectivity index (χ0n) is 34.5. The summed E-state index contributed by atoms with van der Waals surface area (Å²) >= 11 is 2.28. The van der Waals surface area contributed by atoms with E-state index in [-0.39, 0.29) is 47.9 Å². The Morgan fingerprint density at radius 2 is 1.69 bits per heavy atom. The molecular formula is C48H52IN5O4. The highest BCUT2D eigenvalue weighted by molar-refractivity contribution is 14.1. The minimum absolute atomic E-state index is 0.0108. The lowest BCUT2D eigenvalue weighted by molar-refractivity contribution is -0.140. The lowest BCUT2D eigenvalue weighted by atomic mass is 9.79. The monoisotopic (exact) mass is 889 g/mol. The minimum Gasteiger partial charge on any atom is -0.469 e. The molecule has 10 heteroatoms. The predicted molar refractivity (Wildman–Crippen MR) is 238 cm³/mol. The second-order valence-corrected chi connectivity index (χ2v) is 17.6. The van der Waals surface area contributed by atoms with Crippen molar-refractivity contribution in [1.29, 1.82) is 0 Å². The Morgan fingerprint density at radius 1 is 0.948 bits per heavy atom. The van der Waals surface area contributed by atoms with Crippen LogP contribution in [0.1, 0.15) is 131 Å². The number of aromatic amines is 2. The number of carbonyl (C=O) groups excluding carboxylic acids is 3. The summed E-state index contributed by atoms with van der Waals surface area (Å²) in [5.74, 6) is -0.685. The first-order chi connectivity index (χ1) is 27.9. The van der Waals surface area contributed by atoms with Crippen molar-refractivity contribution in [3.63, 3.8) is 0 Å². The van der Waals surface area contributed by atoms with Crippen LogP contribution in [0.4, 0.5) is 0 Å². The number of amides is 1. The molecule has 1 amide bonds. The van der Waals surface area contributed by atoms with Gasteiger partial charge < -0.3 is 20.0 Å². The lowest BCUT2D eigenvalue weighted by Gasteiger charge is -2.22. The van der Waals surface area contributed by atoms with E-state index in [2.05, 4.69) is 79.4 Å². The Kier molecular flexibility index (Phi) is 11.1. The van der Waals surface area contributed by atoms with Gasteiger partial charge in [-0.15, -0.1) is 0 Å². The number of ketones is 1. The molecule has 3 N–H and O–H groups in total. The van der Waals surface area contributed by atoms with Crippen LogP contribution in [0.15, 0.2) is 75.4 Å². The number of benzene rings is 2. The summed E-state index contributed by atoms with van der Waals surface area (Å²) in [6.45, 7) is 13.5. The average Bonchev–Trinajstić information content (AvgIpc) is 3.98. The Balaban J connectivity index is 1.30. The van der Waals surface area contributed by atoms with Crippen LogP contribution in [0, 0.1) is 29.3 Å². The standard InChI is InChI=1S/C48H52IN5O4/c1-8-32-24(3)36-21-39-33(9-2)25(4)44(53-39)43(29-12-14-30(15-13-29)48(57)50-23-28-10-16-31(49)17-11-28)45-26(5)34(18-19-41(56)58-7)46(54-45)35-20-40(55)42-27(6)37(52-47(35)42)22-38(32)51-36/h10-17,26,34-36,52-53H,8-9,18-23H2,1-7H3,(H,50,57)/t26-,34-,35?,36?/m0/s1. The summed E-state index contributed by atoms with van der Waals surface area (Å²) in [6.07, 6.45) is 4.28. The van der Waals surface area contributed by atoms with Crippen LogP contribution < -0.4 is 5.32 Å². The molecular weight excluding hydrogens is 837 g/mol. The molecule has 8 bridgehead atoms. The third-order valence-electron chi connectivity index (χ3n) is 13.2. The highest BCUT2D eigenvalue weighted by atomic mass is 127. The number of H-pyrrole nitrogens is 2. The summed E-state index contributed by atoms with van der Waals surface area (Å²) < 4.78 is 6.27. The van der Waals surface area contributed by atoms with Gasteiger partial charge >= 0.3 is 5.97 Å². The number of hydrogen-bond donors (Lipinski definition) is 3. The molecule has 0 saturated heterocycles. The normalized spacial score (nSPS) is 21.1. The minimum atomic E-state index is -0.261. The van der Waals surface area contributed by atoms with E-state index in [1.807, 2.05) is 48.5 Å². The first-order valence-electron chi connectivity index (χ1n) is 20.7. The van der Waals surface area contributed by atoms with Gasteiger partial charge in [0.1, 0.15) is 0 Å². The number of aliphatic imine (C=N–C) groups is 2. The number of aromatic nitrogens is 2. The van der Waals surface area contributed by atoms with Gasteiger partial charge in [-0.25, -0.2) is 0 Å². The average molecular weight is 890 g/mol. The fourth-order valence-electron chi connectivity index (χ4n) is 9.96. The number of Topliss-reactive ketones (excluding diaryl/α,β-unsaturated/α-hetero) is 1. The second-order valence-electron chi connectivity index (χ2n) is 16.3. The molecule has 0 fully saturated rings. The van der Waals surface area contributed by atoms with Crippen LogP contribution in [0.25, 0.3) is 5.57 Å². The van der Waals surface area contributed by atoms with Crippen molar-refractivity contribution in [3.05, 3.63) is 131 Å². The molecule has 2 aromatic carbocycles. The van der Waals surface area contributed by atoms with Crippen LogP contribution in [0.3, 0.4) is 0 Å². The van der Waals surface area contributed by atoms with Gasteiger partial charge in [-0.05, 0) is 126 Å². The Hall–Kier alpha value is -4.84. The van der Waals surface area contributed by atoms with E-state index in [0.717, 1.165) is 84.9 Å². The molecule has 1 aliphatic carbocycles. The smallest absolute Gasteiger partial charge is 0.305 e. The maximum Gasteiger partial charge on any atom is 0.305 e. The van der Waals surface area contributed by atoms with Gasteiger partial charge in [0.05, 0.1) is 24.5 Å². The summed E-state index contributed by atoms with van der Waals surface area (Å²) in [6, 6.07) is 16.0. The van der Waals surface area contributed by atoms with Crippen molar-refractivity contribution < 1.29 is 19.1 Å². The van der Waals surface area contributed by atoms with E-state index in [4.69, 9.17) is 14.7 Å². The third kappa shape index (κ3) is 7.05. The number of fused-ring (bicyclic) bond motifs is 6. The molecule has 4 aromatic rings. The second kappa shape index (κ2) is 16.1. The van der Waals surface area contributed by atoms with Crippen molar-refractivity contribution in [3.8, 4) is 0 Å². The van der Waals surface area contributed by atoms with E-state index in [0.29, 0.717) is 31.4 Å². The molecule has 2 aromatic heterocycles. The molecule has 8 rings (SSSR count). The number of carbonyl (C=O) groups is 3. The zero-order chi connectivity index (χ0) is 41.0. The highest BCUT2D eigenvalue weighted by Gasteiger charge is 2.45. The quantitative estimate of drug-likeness (QED) is 0.114. The number of ether oxygens (including phenoxy) is 1. The maximum atomic E-state index is 14.0. The number of rotatable bonds is 9. The fourth-order valence-corrected chi connectivity index (χ4v) is 10.3. The van der Waals surface area contributed by atoms with Crippen LogP contribution in [0.5, 0.6) is 0 Å². The first-order valence-corrected chi connectivity index (χ1v) is 21.7. The van der Waals surface area contributed by atoms with Gasteiger partial charge in [-0.1, -0.05) is 45.0 Å². The topological polar surface area (TPSA) is 129 Å². The predicted octanol–water partition coefficient (Wildman–Crippen LogP) is 9.49. The molecule has 5 heterocycles. The van der Waals surface area contributed by atoms with Crippen molar-refractivity contribution in [2.45, 2.75) is 105 Å². The van der Waals surface area contributed by atoms with Crippen molar-refractivity contribution in [1.82, 2.24) is 15.3 Å². The van der Waals surface area contributed by atoms with Crippen LogP contribution in [0.2, 0.25) is 0 Å².